The molecule has 1 fully saturated rings. The maximum Gasteiger partial charge on any atom is 0.573 e. The molecule has 2 aromatic heterocycles. The summed E-state index contributed by atoms with van der Waals surface area (Å²) in [6, 6.07) is 6.34. The van der Waals surface area contributed by atoms with Gasteiger partial charge < -0.3 is 19.7 Å². The van der Waals surface area contributed by atoms with Crippen molar-refractivity contribution < 1.29 is 22.6 Å². The Hall–Kier alpha value is -3.01. The predicted molar refractivity (Wildman–Crippen MR) is 111 cm³/mol. The van der Waals surface area contributed by atoms with E-state index in [1.54, 1.807) is 6.07 Å². The molecule has 0 bridgehead atoms. The second kappa shape index (κ2) is 8.26. The number of aromatic nitrogens is 3. The number of methoxy groups -OCH3 is 1. The van der Waals surface area contributed by atoms with Crippen LogP contribution in [-0.4, -0.2) is 59.1 Å². The fraction of sp³-hybridized carbons (Fsp3) is 0.429. The molecule has 4 rings (SSSR count). The van der Waals surface area contributed by atoms with Gasteiger partial charge in [0.15, 0.2) is 0 Å². The number of fused-ring (bicyclic) bond motifs is 1. The molecule has 1 atom stereocenters. The van der Waals surface area contributed by atoms with Crippen LogP contribution in [0.1, 0.15) is 18.4 Å². The highest BCUT2D eigenvalue weighted by Gasteiger charge is 2.33. The minimum Gasteiger partial charge on any atom is -0.497 e. The van der Waals surface area contributed by atoms with Gasteiger partial charge in [0.25, 0.3) is 0 Å². The number of aryl methyl sites for hydroxylation is 1. The number of benzene rings is 1. The number of alkyl halides is 3. The minimum absolute atomic E-state index is 0.178. The van der Waals surface area contributed by atoms with E-state index in [0.717, 1.165) is 31.5 Å². The number of likely N-dealkylation sites (N-methyl/N-ethyl adjacent to an activating group) is 1. The number of nitrogens with one attached hydrogen (secondary N) is 1. The Morgan fingerprint density at radius 2 is 2.00 bits per heavy atom. The Bertz CT molecular complexity index is 1080. The van der Waals surface area contributed by atoms with Gasteiger partial charge in [-0.1, -0.05) is 0 Å². The fourth-order valence-corrected chi connectivity index (χ4v) is 3.94. The van der Waals surface area contributed by atoms with Crippen LogP contribution in [0.4, 0.5) is 19.1 Å². The lowest BCUT2D eigenvalue weighted by Gasteiger charge is -2.30. The molecule has 0 saturated carbocycles. The molecule has 0 radical (unpaired) electrons. The van der Waals surface area contributed by atoms with Crippen molar-refractivity contribution in [3.63, 3.8) is 0 Å². The van der Waals surface area contributed by atoms with E-state index in [-0.39, 0.29) is 17.4 Å². The summed E-state index contributed by atoms with van der Waals surface area (Å²) < 4.78 is 50.2. The number of rotatable bonds is 5. The molecule has 1 N–H and O–H groups in total. The van der Waals surface area contributed by atoms with Crippen LogP contribution in [0.2, 0.25) is 0 Å². The molecule has 166 valence electrons. The van der Waals surface area contributed by atoms with Crippen LogP contribution < -0.4 is 14.8 Å². The molecule has 10 heteroatoms. The zero-order valence-electron chi connectivity index (χ0n) is 17.5. The average molecular weight is 435 g/mol. The van der Waals surface area contributed by atoms with E-state index in [0.29, 0.717) is 17.2 Å². The normalized spacial score (nSPS) is 17.7. The maximum atomic E-state index is 13.0. The highest BCUT2D eigenvalue weighted by Crippen LogP contribution is 2.38. The summed E-state index contributed by atoms with van der Waals surface area (Å²) in [5, 5.41) is 12.0. The van der Waals surface area contributed by atoms with Crippen LogP contribution in [0, 0.1) is 6.92 Å². The van der Waals surface area contributed by atoms with Crippen molar-refractivity contribution in [2.24, 2.45) is 0 Å². The Morgan fingerprint density at radius 1 is 1.19 bits per heavy atom. The van der Waals surface area contributed by atoms with Crippen LogP contribution in [0.15, 0.2) is 30.5 Å². The summed E-state index contributed by atoms with van der Waals surface area (Å²) in [5.41, 5.74) is 2.04. The van der Waals surface area contributed by atoms with Crippen molar-refractivity contribution in [2.45, 2.75) is 32.2 Å². The third-order valence-corrected chi connectivity index (χ3v) is 5.30. The third kappa shape index (κ3) is 4.68. The predicted octanol–water partition coefficient (Wildman–Crippen LogP) is 4.12. The van der Waals surface area contributed by atoms with Gasteiger partial charge >= 0.3 is 6.36 Å². The van der Waals surface area contributed by atoms with Crippen molar-refractivity contribution in [1.29, 1.82) is 0 Å². The Morgan fingerprint density at radius 3 is 2.71 bits per heavy atom. The molecule has 1 aromatic carbocycles. The van der Waals surface area contributed by atoms with Gasteiger partial charge in [-0.3, -0.25) is 4.40 Å². The van der Waals surface area contributed by atoms with E-state index in [2.05, 4.69) is 32.2 Å². The highest BCUT2D eigenvalue weighted by molar-refractivity contribution is 5.82. The first kappa shape index (κ1) is 21.2. The monoisotopic (exact) mass is 435 g/mol. The molecular formula is C21H24F3N5O2. The number of ether oxygens (including phenoxy) is 2. The largest absolute Gasteiger partial charge is 0.573 e. The van der Waals surface area contributed by atoms with Crippen LogP contribution >= 0.6 is 0 Å². The highest BCUT2D eigenvalue weighted by atomic mass is 19.4. The molecule has 1 aliphatic rings. The fourth-order valence-electron chi connectivity index (χ4n) is 3.94. The van der Waals surface area contributed by atoms with Gasteiger partial charge in [-0.2, -0.15) is 0 Å². The SMILES string of the molecule is COc1ccc(-c2nnc(N[C@@H]3CCCN(C)C3)n3cc(C)cc23)c(OC(F)(F)F)c1. The van der Waals surface area contributed by atoms with Gasteiger partial charge in [-0.15, -0.1) is 23.4 Å². The van der Waals surface area contributed by atoms with Crippen LogP contribution in [0.5, 0.6) is 11.5 Å². The van der Waals surface area contributed by atoms with Gasteiger partial charge in [0.1, 0.15) is 17.2 Å². The molecule has 3 heterocycles. The van der Waals surface area contributed by atoms with Gasteiger partial charge in [0.05, 0.1) is 12.6 Å². The molecule has 31 heavy (non-hydrogen) atoms. The maximum absolute atomic E-state index is 13.0. The summed E-state index contributed by atoms with van der Waals surface area (Å²) >= 11 is 0. The number of likely N-dealkylation sites (tertiary alicyclic amines) is 1. The van der Waals surface area contributed by atoms with E-state index in [9.17, 15) is 13.2 Å². The topological polar surface area (TPSA) is 63.9 Å². The standard InChI is InChI=1S/C21H24F3N5O2/c1-13-9-17-19(16-7-6-15(30-3)10-18(16)31-21(22,23)24)26-27-20(29(17)11-13)25-14-5-4-8-28(2)12-14/h6-7,9-11,14H,4-5,8,12H2,1-3H3,(H,25,27)/t14-/m1/s1. The molecule has 0 aliphatic carbocycles. The number of anilines is 1. The second-order valence-electron chi connectivity index (χ2n) is 7.80. The second-order valence-corrected chi connectivity index (χ2v) is 7.80. The van der Waals surface area contributed by atoms with E-state index in [4.69, 9.17) is 4.74 Å². The van der Waals surface area contributed by atoms with E-state index in [1.165, 1.54) is 19.2 Å². The smallest absolute Gasteiger partial charge is 0.497 e. The molecule has 0 unspecified atom stereocenters. The zero-order chi connectivity index (χ0) is 22.2. The average Bonchev–Trinajstić information content (AvgIpc) is 3.09. The molecule has 0 amide bonds. The number of halogens is 3. The molecular weight excluding hydrogens is 411 g/mol. The summed E-state index contributed by atoms with van der Waals surface area (Å²) in [4.78, 5) is 2.25. The Kier molecular flexibility index (Phi) is 5.65. The van der Waals surface area contributed by atoms with E-state index < -0.39 is 12.1 Å². The molecule has 1 saturated heterocycles. The molecule has 1 aliphatic heterocycles. The lowest BCUT2D eigenvalue weighted by molar-refractivity contribution is -0.274. The minimum atomic E-state index is -4.85. The summed E-state index contributed by atoms with van der Waals surface area (Å²) in [6.07, 6.45) is -0.872. The first-order valence-electron chi connectivity index (χ1n) is 9.98. The number of nitrogens with zero attached hydrogens (tertiary/aromatic N) is 4. The first-order valence-corrected chi connectivity index (χ1v) is 9.98. The molecule has 3 aromatic rings. The van der Waals surface area contributed by atoms with Crippen molar-refractivity contribution in [2.75, 3.05) is 32.6 Å². The van der Waals surface area contributed by atoms with Crippen molar-refractivity contribution in [1.82, 2.24) is 19.5 Å². The van der Waals surface area contributed by atoms with Gasteiger partial charge in [0.2, 0.25) is 5.95 Å². The van der Waals surface area contributed by atoms with Crippen LogP contribution in [0.3, 0.4) is 0 Å². The molecule has 0 spiro atoms. The Balaban J connectivity index is 1.77. The van der Waals surface area contributed by atoms with Crippen molar-refractivity contribution >= 4 is 11.5 Å². The van der Waals surface area contributed by atoms with Crippen LogP contribution in [-0.2, 0) is 0 Å². The third-order valence-electron chi connectivity index (χ3n) is 5.30. The lowest BCUT2D eigenvalue weighted by atomic mass is 10.1. The van der Waals surface area contributed by atoms with E-state index >= 15 is 0 Å². The van der Waals surface area contributed by atoms with Gasteiger partial charge in [0, 0.05) is 30.4 Å². The number of piperidine rings is 1. The van der Waals surface area contributed by atoms with Gasteiger partial charge in [-0.05, 0) is 57.1 Å². The van der Waals surface area contributed by atoms with Crippen LogP contribution in [0.25, 0.3) is 16.8 Å². The molecule has 7 nitrogen and oxygen atoms in total. The number of hydrogen-bond donors (Lipinski definition) is 1. The first-order chi connectivity index (χ1) is 14.7. The van der Waals surface area contributed by atoms with Crippen molar-refractivity contribution in [3.05, 3.63) is 36.0 Å². The Labute approximate surface area is 177 Å². The quantitative estimate of drug-likeness (QED) is 0.651. The number of hydrogen-bond acceptors (Lipinski definition) is 6. The lowest BCUT2D eigenvalue weighted by Crippen LogP contribution is -2.40. The van der Waals surface area contributed by atoms with Crippen molar-refractivity contribution in [3.8, 4) is 22.8 Å². The summed E-state index contributed by atoms with van der Waals surface area (Å²) in [5.74, 6) is 0.411. The zero-order valence-corrected chi connectivity index (χ0v) is 17.5. The summed E-state index contributed by atoms with van der Waals surface area (Å²) in [7, 11) is 3.45. The summed E-state index contributed by atoms with van der Waals surface area (Å²) in [6.45, 7) is 3.85. The van der Waals surface area contributed by atoms with Gasteiger partial charge in [-0.25, -0.2) is 0 Å². The van der Waals surface area contributed by atoms with E-state index in [1.807, 2.05) is 23.6 Å².